The number of hydrogen-bond donors (Lipinski definition) is 1. The molecule has 0 saturated carbocycles. The number of H-pyrrole nitrogens is 1. The first-order valence-corrected chi connectivity index (χ1v) is 4.98. The van der Waals surface area contributed by atoms with Crippen LogP contribution in [0.2, 0.25) is 0 Å². The van der Waals surface area contributed by atoms with Crippen LogP contribution in [-0.4, -0.2) is 24.4 Å². The van der Waals surface area contributed by atoms with Gasteiger partial charge in [0.1, 0.15) is 5.56 Å². The van der Waals surface area contributed by atoms with Gasteiger partial charge in [-0.15, -0.1) is 24.8 Å². The Bertz CT molecular complexity index is 512. The molecule has 0 unspecified atom stereocenters. The monoisotopic (exact) mass is 285 g/mol. The van der Waals surface area contributed by atoms with Crippen LogP contribution in [0.4, 0.5) is 13.2 Å². The molecule has 9 heteroatoms. The van der Waals surface area contributed by atoms with Gasteiger partial charge in [-0.05, 0) is 0 Å². The molecule has 0 saturated heterocycles. The second kappa shape index (κ2) is 5.30. The summed E-state index contributed by atoms with van der Waals surface area (Å²) in [5, 5.41) is 0. The zero-order valence-electron chi connectivity index (χ0n) is 8.93. The molecule has 1 heterocycles. The molecule has 0 radical (unpaired) electrons. The number of ether oxygens (including phenoxy) is 2. The molecule has 0 fully saturated rings. The summed E-state index contributed by atoms with van der Waals surface area (Å²) < 4.78 is 43.7. The Morgan fingerprint density at radius 2 is 2.11 bits per heavy atom. The summed E-state index contributed by atoms with van der Waals surface area (Å²) in [4.78, 5) is 24.8. The van der Waals surface area contributed by atoms with Crippen molar-refractivity contribution in [1.82, 2.24) is 4.98 Å². The summed E-state index contributed by atoms with van der Waals surface area (Å²) in [5.41, 5.74) is -1.65. The number of alkyl halides is 4. The van der Waals surface area contributed by atoms with Crippen molar-refractivity contribution < 1.29 is 27.4 Å². The fraction of sp³-hybridized carbons (Fsp3) is 0.333. The zero-order valence-corrected chi connectivity index (χ0v) is 9.69. The number of pyridine rings is 1. The Kier molecular flexibility index (Phi) is 4.23. The van der Waals surface area contributed by atoms with Gasteiger partial charge in [-0.25, -0.2) is 4.79 Å². The average molecular weight is 286 g/mol. The normalized spacial score (nSPS) is 11.2. The quantitative estimate of drug-likeness (QED) is 0.679. The van der Waals surface area contributed by atoms with E-state index in [-0.39, 0.29) is 11.6 Å². The number of rotatable bonds is 3. The topological polar surface area (TPSA) is 68.4 Å². The number of methoxy groups -OCH3 is 1. The van der Waals surface area contributed by atoms with Crippen molar-refractivity contribution in [3.63, 3.8) is 0 Å². The van der Waals surface area contributed by atoms with Crippen LogP contribution in [0.25, 0.3) is 0 Å². The van der Waals surface area contributed by atoms with Crippen molar-refractivity contribution in [3.8, 4) is 5.88 Å². The summed E-state index contributed by atoms with van der Waals surface area (Å²) in [6.07, 6.45) is -4.96. The van der Waals surface area contributed by atoms with Gasteiger partial charge in [0.05, 0.1) is 18.7 Å². The Balaban J connectivity index is 3.28. The lowest BCUT2D eigenvalue weighted by Gasteiger charge is -2.11. The molecule has 5 nitrogen and oxygen atoms in total. The number of nitrogens with one attached hydrogen (secondary N) is 1. The van der Waals surface area contributed by atoms with Gasteiger partial charge in [0.25, 0.3) is 0 Å². The minimum Gasteiger partial charge on any atom is -0.465 e. The van der Waals surface area contributed by atoms with Crippen LogP contribution in [0.1, 0.15) is 16.1 Å². The van der Waals surface area contributed by atoms with Gasteiger partial charge in [-0.2, -0.15) is 0 Å². The van der Waals surface area contributed by atoms with Crippen LogP contribution >= 0.6 is 11.6 Å². The maximum Gasteiger partial charge on any atom is 0.574 e. The Labute approximate surface area is 103 Å². The summed E-state index contributed by atoms with van der Waals surface area (Å²) in [5.74, 6) is -2.23. The lowest BCUT2D eigenvalue weighted by molar-refractivity contribution is -0.276. The molecule has 100 valence electrons. The van der Waals surface area contributed by atoms with Gasteiger partial charge in [-0.3, -0.25) is 4.79 Å². The molecule has 1 aromatic heterocycles. The minimum absolute atomic E-state index is 0.213. The molecule has 0 spiro atoms. The number of aromatic nitrogens is 1. The summed E-state index contributed by atoms with van der Waals surface area (Å²) >= 11 is 5.43. The lowest BCUT2D eigenvalue weighted by atomic mass is 10.2. The fourth-order valence-corrected chi connectivity index (χ4v) is 1.39. The molecule has 0 aliphatic rings. The average Bonchev–Trinajstić information content (AvgIpc) is 2.24. The third-order valence-electron chi connectivity index (χ3n) is 1.83. The Morgan fingerprint density at radius 1 is 1.50 bits per heavy atom. The molecular formula is C9H7ClF3NO4. The van der Waals surface area contributed by atoms with E-state index in [0.29, 0.717) is 6.07 Å². The van der Waals surface area contributed by atoms with E-state index < -0.39 is 29.2 Å². The van der Waals surface area contributed by atoms with E-state index in [2.05, 4.69) is 14.5 Å². The number of carbonyl (C=O) groups excluding carboxylic acids is 1. The van der Waals surface area contributed by atoms with E-state index in [9.17, 15) is 22.8 Å². The Hall–Kier alpha value is -1.70. The van der Waals surface area contributed by atoms with Gasteiger partial charge >= 0.3 is 12.3 Å². The van der Waals surface area contributed by atoms with Crippen molar-refractivity contribution >= 4 is 17.6 Å². The van der Waals surface area contributed by atoms with Gasteiger partial charge in [-0.1, -0.05) is 0 Å². The summed E-state index contributed by atoms with van der Waals surface area (Å²) in [6.45, 7) is 0. The molecule has 1 N–H and O–H groups in total. The molecule has 0 aliphatic carbocycles. The molecule has 0 aliphatic heterocycles. The van der Waals surface area contributed by atoms with Crippen LogP contribution < -0.4 is 10.2 Å². The third kappa shape index (κ3) is 3.39. The number of aromatic amines is 1. The number of esters is 1. The highest BCUT2D eigenvalue weighted by Crippen LogP contribution is 2.21. The first-order chi connectivity index (χ1) is 8.28. The van der Waals surface area contributed by atoms with Gasteiger partial charge in [0.15, 0.2) is 5.43 Å². The second-order valence-corrected chi connectivity index (χ2v) is 3.29. The number of halogens is 4. The number of hydrogen-bond acceptors (Lipinski definition) is 4. The molecule has 0 amide bonds. The second-order valence-electron chi connectivity index (χ2n) is 3.02. The van der Waals surface area contributed by atoms with E-state index in [1.807, 2.05) is 0 Å². The van der Waals surface area contributed by atoms with Crippen molar-refractivity contribution in [2.24, 2.45) is 0 Å². The molecular weight excluding hydrogens is 279 g/mol. The van der Waals surface area contributed by atoms with E-state index in [4.69, 9.17) is 11.6 Å². The minimum atomic E-state index is -4.96. The molecule has 1 aromatic rings. The zero-order chi connectivity index (χ0) is 13.9. The molecule has 0 bridgehead atoms. The smallest absolute Gasteiger partial charge is 0.465 e. The first kappa shape index (κ1) is 14.4. The lowest BCUT2D eigenvalue weighted by Crippen LogP contribution is -2.23. The first-order valence-electron chi connectivity index (χ1n) is 4.44. The summed E-state index contributed by atoms with van der Waals surface area (Å²) in [7, 11) is 1.03. The highest BCUT2D eigenvalue weighted by atomic mass is 35.5. The predicted octanol–water partition coefficient (Wildman–Crippen LogP) is 1.80. The standard InChI is InChI=1S/C9H7ClF3NO4/c1-17-8(16)7-4(3-10)14-6(2-5(7)15)18-9(11,12)13/h2H,3H2,1H3,(H,14,15). The third-order valence-corrected chi connectivity index (χ3v) is 2.10. The van der Waals surface area contributed by atoms with Crippen LogP contribution in [0.15, 0.2) is 10.9 Å². The SMILES string of the molecule is COC(=O)c1c(CCl)[nH]c(OC(F)(F)F)cc1=O. The van der Waals surface area contributed by atoms with E-state index in [1.165, 1.54) is 0 Å². The van der Waals surface area contributed by atoms with Crippen LogP contribution in [0.3, 0.4) is 0 Å². The largest absolute Gasteiger partial charge is 0.574 e. The molecule has 18 heavy (non-hydrogen) atoms. The van der Waals surface area contributed by atoms with Crippen molar-refractivity contribution in [1.29, 1.82) is 0 Å². The molecule has 1 rings (SSSR count). The van der Waals surface area contributed by atoms with Crippen molar-refractivity contribution in [3.05, 3.63) is 27.5 Å². The molecule has 0 aromatic carbocycles. The highest BCUT2D eigenvalue weighted by Gasteiger charge is 2.32. The van der Waals surface area contributed by atoms with E-state index in [1.54, 1.807) is 0 Å². The van der Waals surface area contributed by atoms with Crippen LogP contribution in [-0.2, 0) is 10.6 Å². The maximum absolute atomic E-state index is 12.0. The number of carbonyl (C=O) groups is 1. The molecule has 0 atom stereocenters. The van der Waals surface area contributed by atoms with Crippen molar-refractivity contribution in [2.45, 2.75) is 12.2 Å². The fourth-order valence-electron chi connectivity index (χ4n) is 1.19. The van der Waals surface area contributed by atoms with Crippen LogP contribution in [0.5, 0.6) is 5.88 Å². The maximum atomic E-state index is 12.0. The van der Waals surface area contributed by atoms with Gasteiger partial charge in [0, 0.05) is 6.07 Å². The van der Waals surface area contributed by atoms with Crippen LogP contribution in [0, 0.1) is 0 Å². The van der Waals surface area contributed by atoms with Crippen molar-refractivity contribution in [2.75, 3.05) is 7.11 Å². The van der Waals surface area contributed by atoms with E-state index >= 15 is 0 Å². The predicted molar refractivity (Wildman–Crippen MR) is 54.6 cm³/mol. The van der Waals surface area contributed by atoms with Gasteiger partial charge in [0.2, 0.25) is 5.88 Å². The highest BCUT2D eigenvalue weighted by molar-refractivity contribution is 6.17. The summed E-state index contributed by atoms with van der Waals surface area (Å²) in [6, 6.07) is 0.496. The van der Waals surface area contributed by atoms with Gasteiger partial charge < -0.3 is 14.5 Å². The van der Waals surface area contributed by atoms with E-state index in [0.717, 1.165) is 7.11 Å². The Morgan fingerprint density at radius 3 is 2.56 bits per heavy atom.